The molecule has 0 saturated carbocycles. The lowest BCUT2D eigenvalue weighted by Gasteiger charge is -2.25. The molecule has 0 aromatic rings. The van der Waals surface area contributed by atoms with Crippen LogP contribution in [-0.2, 0) is 9.53 Å². The Morgan fingerprint density at radius 3 is 2.61 bits per heavy atom. The number of esters is 1. The summed E-state index contributed by atoms with van der Waals surface area (Å²) in [5.74, 6) is 0.529. The first-order valence-electron chi connectivity index (χ1n) is 8.79. The van der Waals surface area contributed by atoms with Crippen molar-refractivity contribution in [3.63, 3.8) is 0 Å². The van der Waals surface area contributed by atoms with Crippen molar-refractivity contribution in [3.8, 4) is 0 Å². The molecule has 2 bridgehead atoms. The number of allylic oxidation sites excluding steroid dienone is 3. The van der Waals surface area contributed by atoms with Crippen LogP contribution in [0.25, 0.3) is 0 Å². The smallest absolute Gasteiger partial charge is 0.334 e. The minimum absolute atomic E-state index is 0.148. The highest BCUT2D eigenvalue weighted by Gasteiger charge is 2.33. The van der Waals surface area contributed by atoms with Crippen LogP contribution in [0.2, 0.25) is 0 Å². The molecule has 0 aromatic heterocycles. The van der Waals surface area contributed by atoms with Gasteiger partial charge in [0.05, 0.1) is 6.10 Å². The van der Waals surface area contributed by atoms with Gasteiger partial charge >= 0.3 is 5.97 Å². The third-order valence-corrected chi connectivity index (χ3v) is 4.96. The molecule has 0 spiro atoms. The van der Waals surface area contributed by atoms with Gasteiger partial charge in [-0.3, -0.25) is 0 Å². The molecule has 1 aliphatic heterocycles. The highest BCUT2D eigenvalue weighted by Crippen LogP contribution is 2.32. The molecule has 1 aliphatic carbocycles. The highest BCUT2D eigenvalue weighted by atomic mass is 16.5. The molecule has 3 heteroatoms. The van der Waals surface area contributed by atoms with Crippen molar-refractivity contribution < 1.29 is 14.6 Å². The van der Waals surface area contributed by atoms with E-state index in [1.807, 2.05) is 19.1 Å². The van der Waals surface area contributed by atoms with Gasteiger partial charge in [0, 0.05) is 17.9 Å². The van der Waals surface area contributed by atoms with Crippen LogP contribution in [0.15, 0.2) is 34.9 Å². The highest BCUT2D eigenvalue weighted by molar-refractivity contribution is 5.91. The molecule has 1 heterocycles. The molecule has 0 unspecified atom stereocenters. The van der Waals surface area contributed by atoms with E-state index in [0.717, 1.165) is 25.7 Å². The lowest BCUT2D eigenvalue weighted by molar-refractivity contribution is -0.142. The van der Waals surface area contributed by atoms with Gasteiger partial charge in [-0.2, -0.15) is 0 Å². The molecule has 0 saturated heterocycles. The Kier molecular flexibility index (Phi) is 6.23. The lowest BCUT2D eigenvalue weighted by atomic mass is 9.84. The summed E-state index contributed by atoms with van der Waals surface area (Å²) >= 11 is 0. The minimum Gasteiger partial charge on any atom is -0.454 e. The van der Waals surface area contributed by atoms with Crippen molar-refractivity contribution in [3.05, 3.63) is 34.9 Å². The zero-order chi connectivity index (χ0) is 17.0. The number of rotatable bonds is 1. The van der Waals surface area contributed by atoms with Crippen LogP contribution in [0.1, 0.15) is 59.8 Å². The molecule has 2 aliphatic rings. The summed E-state index contributed by atoms with van der Waals surface area (Å²) in [7, 11) is 0. The second-order valence-corrected chi connectivity index (χ2v) is 7.38. The van der Waals surface area contributed by atoms with Gasteiger partial charge < -0.3 is 9.84 Å². The molecule has 1 N–H and O–H groups in total. The molecule has 0 amide bonds. The van der Waals surface area contributed by atoms with Gasteiger partial charge in [0.25, 0.3) is 0 Å². The van der Waals surface area contributed by atoms with E-state index in [0.29, 0.717) is 23.8 Å². The number of fused-ring (bicyclic) bond motifs is 1. The molecule has 23 heavy (non-hydrogen) atoms. The van der Waals surface area contributed by atoms with Crippen LogP contribution in [0.3, 0.4) is 0 Å². The van der Waals surface area contributed by atoms with E-state index in [9.17, 15) is 9.90 Å². The van der Waals surface area contributed by atoms with Crippen LogP contribution >= 0.6 is 0 Å². The number of hydrogen-bond acceptors (Lipinski definition) is 3. The third-order valence-electron chi connectivity index (χ3n) is 4.96. The predicted molar refractivity (Wildman–Crippen MR) is 92.9 cm³/mol. The van der Waals surface area contributed by atoms with Crippen LogP contribution in [0.4, 0.5) is 0 Å². The molecule has 3 nitrogen and oxygen atoms in total. The van der Waals surface area contributed by atoms with Gasteiger partial charge in [0.1, 0.15) is 6.10 Å². The molecular formula is C20H30O3. The maximum atomic E-state index is 12.1. The van der Waals surface area contributed by atoms with Crippen molar-refractivity contribution in [2.45, 2.75) is 72.0 Å². The molecule has 0 radical (unpaired) electrons. The largest absolute Gasteiger partial charge is 0.454 e. The Hall–Kier alpha value is -1.35. The SMILES string of the molecule is C/C1=C/[C@H](O)CC2=C[C@@H](OC2=O)[C@H](C(C)C)CC/C(C)=C\CC1. The lowest BCUT2D eigenvalue weighted by Crippen LogP contribution is -2.25. The van der Waals surface area contributed by atoms with Gasteiger partial charge in [0.15, 0.2) is 0 Å². The first-order valence-corrected chi connectivity index (χ1v) is 8.79. The molecule has 0 aromatic carbocycles. The number of aliphatic hydroxyl groups excluding tert-OH is 1. The summed E-state index contributed by atoms with van der Waals surface area (Å²) in [6.45, 7) is 8.59. The quantitative estimate of drug-likeness (QED) is 0.578. The number of ether oxygens (including phenoxy) is 1. The molecular weight excluding hydrogens is 288 g/mol. The monoisotopic (exact) mass is 318 g/mol. The van der Waals surface area contributed by atoms with Crippen molar-refractivity contribution >= 4 is 5.97 Å². The fraction of sp³-hybridized carbons (Fsp3) is 0.650. The summed E-state index contributed by atoms with van der Waals surface area (Å²) in [6.07, 6.45) is 9.75. The van der Waals surface area contributed by atoms with E-state index in [4.69, 9.17) is 4.74 Å². The normalized spacial score (nSPS) is 34.8. The van der Waals surface area contributed by atoms with E-state index in [2.05, 4.69) is 26.8 Å². The van der Waals surface area contributed by atoms with E-state index in [1.54, 1.807) is 0 Å². The Morgan fingerprint density at radius 1 is 1.17 bits per heavy atom. The van der Waals surface area contributed by atoms with Crippen LogP contribution in [0, 0.1) is 11.8 Å². The number of hydrogen-bond donors (Lipinski definition) is 1. The average molecular weight is 318 g/mol. The van der Waals surface area contributed by atoms with Crippen LogP contribution in [0.5, 0.6) is 0 Å². The molecule has 128 valence electrons. The van der Waals surface area contributed by atoms with Gasteiger partial charge in [-0.05, 0) is 51.5 Å². The van der Waals surface area contributed by atoms with Gasteiger partial charge in [-0.15, -0.1) is 0 Å². The van der Waals surface area contributed by atoms with Crippen molar-refractivity contribution in [1.29, 1.82) is 0 Å². The second kappa shape index (κ2) is 7.96. The maximum Gasteiger partial charge on any atom is 0.334 e. The van der Waals surface area contributed by atoms with Gasteiger partial charge in [-0.25, -0.2) is 4.79 Å². The number of carbonyl (C=O) groups is 1. The van der Waals surface area contributed by atoms with Crippen LogP contribution < -0.4 is 0 Å². The summed E-state index contributed by atoms with van der Waals surface area (Å²) in [5, 5.41) is 10.2. The Labute approximate surface area is 140 Å². The van der Waals surface area contributed by atoms with E-state index in [-0.39, 0.29) is 12.1 Å². The number of aliphatic hydroxyl groups is 1. The Balaban J connectivity index is 2.25. The first kappa shape index (κ1) is 18.0. The fourth-order valence-corrected chi connectivity index (χ4v) is 3.48. The van der Waals surface area contributed by atoms with E-state index in [1.165, 1.54) is 11.1 Å². The second-order valence-electron chi connectivity index (χ2n) is 7.38. The minimum atomic E-state index is -0.613. The summed E-state index contributed by atoms with van der Waals surface area (Å²) in [5.41, 5.74) is 3.19. The van der Waals surface area contributed by atoms with Gasteiger partial charge in [-0.1, -0.05) is 37.1 Å². The fourth-order valence-electron chi connectivity index (χ4n) is 3.48. The van der Waals surface area contributed by atoms with Crippen LogP contribution in [-0.4, -0.2) is 23.3 Å². The summed E-state index contributed by atoms with van der Waals surface area (Å²) < 4.78 is 5.60. The average Bonchev–Trinajstić information content (AvgIpc) is 2.78. The van der Waals surface area contributed by atoms with Crippen molar-refractivity contribution in [1.82, 2.24) is 0 Å². The first-order chi connectivity index (χ1) is 10.9. The molecule has 3 atom stereocenters. The van der Waals surface area contributed by atoms with Crippen molar-refractivity contribution in [2.75, 3.05) is 0 Å². The maximum absolute atomic E-state index is 12.1. The predicted octanol–water partition coefficient (Wildman–Crippen LogP) is 4.33. The summed E-state index contributed by atoms with van der Waals surface area (Å²) in [4.78, 5) is 12.1. The molecule has 0 fully saturated rings. The van der Waals surface area contributed by atoms with Gasteiger partial charge in [0.2, 0.25) is 0 Å². The zero-order valence-corrected chi connectivity index (χ0v) is 14.8. The van der Waals surface area contributed by atoms with E-state index >= 15 is 0 Å². The molecule has 2 rings (SSSR count). The Morgan fingerprint density at radius 2 is 1.91 bits per heavy atom. The Bertz CT molecular complexity index is 525. The summed E-state index contributed by atoms with van der Waals surface area (Å²) in [6, 6.07) is 0. The standard InChI is InChI=1S/C20H30O3/c1-13(2)18-9-8-14(3)6-5-7-15(4)10-17(21)11-16-12-19(18)23-20(16)22/h6,10,12-13,17-19,21H,5,7-9,11H2,1-4H3/b14-6-,15-10-/t17-,18-,19+/m0/s1. The third kappa shape index (κ3) is 5.07. The zero-order valence-electron chi connectivity index (χ0n) is 14.8. The van der Waals surface area contributed by atoms with E-state index < -0.39 is 6.10 Å². The van der Waals surface area contributed by atoms with Crippen molar-refractivity contribution in [2.24, 2.45) is 11.8 Å². The number of carbonyl (C=O) groups excluding carboxylic acids is 1. The topological polar surface area (TPSA) is 46.5 Å².